The Morgan fingerprint density at radius 2 is 2.44 bits per heavy atom. The average Bonchev–Trinajstić information content (AvgIpc) is 1.89. The van der Waals surface area contributed by atoms with Crippen LogP contribution in [-0.2, 0) is 9.47 Å². The molecule has 0 amide bonds. The van der Waals surface area contributed by atoms with E-state index in [9.17, 15) is 4.39 Å². The van der Waals surface area contributed by atoms with Crippen LogP contribution >= 0.6 is 0 Å². The van der Waals surface area contributed by atoms with Crippen LogP contribution in [0.4, 0.5) is 4.39 Å². The van der Waals surface area contributed by atoms with Crippen LogP contribution in [0.25, 0.3) is 0 Å². The minimum Gasteiger partial charge on any atom is -0.378 e. The first kappa shape index (κ1) is 6.96. The van der Waals surface area contributed by atoms with Gasteiger partial charge in [-0.15, -0.1) is 0 Å². The van der Waals surface area contributed by atoms with Crippen molar-refractivity contribution >= 4 is 0 Å². The lowest BCUT2D eigenvalue weighted by Crippen LogP contribution is -2.34. The Balaban J connectivity index is 2.30. The molecular weight excluding hydrogens is 123 g/mol. The van der Waals surface area contributed by atoms with Gasteiger partial charge in [-0.3, -0.25) is 0 Å². The molecule has 2 atom stereocenters. The molecule has 1 fully saturated rings. The standard InChI is InChI=1S/C6H11FO2/c1-8-6-2-3-9-4-5(6)7/h5-6H,2-4H2,1H3/t5-,6+/m1/s1. The summed E-state index contributed by atoms with van der Waals surface area (Å²) in [5, 5.41) is 0. The van der Waals surface area contributed by atoms with E-state index in [-0.39, 0.29) is 12.7 Å². The molecule has 54 valence electrons. The fourth-order valence-corrected chi connectivity index (χ4v) is 0.949. The monoisotopic (exact) mass is 134 g/mol. The average molecular weight is 134 g/mol. The number of ether oxygens (including phenoxy) is 2. The van der Waals surface area contributed by atoms with Crippen LogP contribution in [0.15, 0.2) is 0 Å². The van der Waals surface area contributed by atoms with E-state index in [1.807, 2.05) is 0 Å². The minimum atomic E-state index is -0.927. The first-order valence-corrected chi connectivity index (χ1v) is 3.09. The number of alkyl halides is 1. The molecule has 0 aromatic carbocycles. The number of hydrogen-bond donors (Lipinski definition) is 0. The fourth-order valence-electron chi connectivity index (χ4n) is 0.949. The van der Waals surface area contributed by atoms with Crippen molar-refractivity contribution < 1.29 is 13.9 Å². The fraction of sp³-hybridized carbons (Fsp3) is 1.00. The highest BCUT2D eigenvalue weighted by Crippen LogP contribution is 2.13. The van der Waals surface area contributed by atoms with Crippen LogP contribution in [0.5, 0.6) is 0 Å². The molecule has 1 saturated heterocycles. The summed E-state index contributed by atoms with van der Waals surface area (Å²) in [6, 6.07) is 0. The lowest BCUT2D eigenvalue weighted by Gasteiger charge is -2.24. The summed E-state index contributed by atoms with van der Waals surface area (Å²) in [4.78, 5) is 0. The Morgan fingerprint density at radius 3 is 2.89 bits per heavy atom. The van der Waals surface area contributed by atoms with Gasteiger partial charge in [-0.25, -0.2) is 4.39 Å². The molecule has 1 rings (SSSR count). The van der Waals surface area contributed by atoms with Crippen molar-refractivity contribution in [1.29, 1.82) is 0 Å². The van der Waals surface area contributed by atoms with E-state index in [2.05, 4.69) is 0 Å². The van der Waals surface area contributed by atoms with Crippen molar-refractivity contribution in [3.8, 4) is 0 Å². The molecule has 0 radical (unpaired) electrons. The summed E-state index contributed by atoms with van der Waals surface area (Å²) < 4.78 is 22.3. The van der Waals surface area contributed by atoms with Crippen LogP contribution in [0, 0.1) is 0 Å². The van der Waals surface area contributed by atoms with E-state index in [0.29, 0.717) is 13.0 Å². The van der Waals surface area contributed by atoms with Gasteiger partial charge in [-0.1, -0.05) is 0 Å². The van der Waals surface area contributed by atoms with E-state index in [4.69, 9.17) is 9.47 Å². The summed E-state index contributed by atoms with van der Waals surface area (Å²) in [5.41, 5.74) is 0. The highest BCUT2D eigenvalue weighted by atomic mass is 19.1. The van der Waals surface area contributed by atoms with Gasteiger partial charge in [0.25, 0.3) is 0 Å². The second-order valence-corrected chi connectivity index (χ2v) is 2.15. The van der Waals surface area contributed by atoms with Gasteiger partial charge in [0.15, 0.2) is 0 Å². The smallest absolute Gasteiger partial charge is 0.149 e. The number of methoxy groups -OCH3 is 1. The second-order valence-electron chi connectivity index (χ2n) is 2.15. The Hall–Kier alpha value is -0.150. The SMILES string of the molecule is CO[C@H]1CCOC[C@H]1F. The number of rotatable bonds is 1. The number of hydrogen-bond acceptors (Lipinski definition) is 2. The first-order valence-electron chi connectivity index (χ1n) is 3.09. The van der Waals surface area contributed by atoms with E-state index >= 15 is 0 Å². The molecule has 0 aromatic heterocycles. The van der Waals surface area contributed by atoms with Gasteiger partial charge >= 0.3 is 0 Å². The highest BCUT2D eigenvalue weighted by Gasteiger charge is 2.24. The molecule has 0 N–H and O–H groups in total. The molecule has 0 aromatic rings. The van der Waals surface area contributed by atoms with Crippen molar-refractivity contribution in [2.45, 2.75) is 18.7 Å². The second kappa shape index (κ2) is 3.13. The predicted molar refractivity (Wildman–Crippen MR) is 31.1 cm³/mol. The van der Waals surface area contributed by atoms with Gasteiger partial charge < -0.3 is 9.47 Å². The van der Waals surface area contributed by atoms with Gasteiger partial charge in [0, 0.05) is 13.7 Å². The summed E-state index contributed by atoms with van der Waals surface area (Å²) in [6.07, 6.45) is -0.486. The van der Waals surface area contributed by atoms with Crippen molar-refractivity contribution in [2.24, 2.45) is 0 Å². The topological polar surface area (TPSA) is 18.5 Å². The van der Waals surface area contributed by atoms with Crippen LogP contribution in [-0.4, -0.2) is 32.6 Å². The molecule has 0 spiro atoms. The zero-order chi connectivity index (χ0) is 6.69. The predicted octanol–water partition coefficient (Wildman–Crippen LogP) is 0.760. The molecule has 0 aliphatic carbocycles. The third kappa shape index (κ3) is 1.63. The molecule has 1 heterocycles. The quantitative estimate of drug-likeness (QED) is 0.527. The summed E-state index contributed by atoms with van der Waals surface area (Å²) >= 11 is 0. The first-order chi connectivity index (χ1) is 4.34. The van der Waals surface area contributed by atoms with Gasteiger partial charge in [0.2, 0.25) is 0 Å². The summed E-state index contributed by atoms with van der Waals surface area (Å²) in [7, 11) is 1.53. The summed E-state index contributed by atoms with van der Waals surface area (Å²) in [6.45, 7) is 0.817. The third-order valence-corrected chi connectivity index (χ3v) is 1.53. The molecule has 9 heavy (non-hydrogen) atoms. The lowest BCUT2D eigenvalue weighted by molar-refractivity contribution is -0.0678. The maximum absolute atomic E-state index is 12.6. The van der Waals surface area contributed by atoms with E-state index in [1.165, 1.54) is 7.11 Å². The zero-order valence-corrected chi connectivity index (χ0v) is 5.47. The minimum absolute atomic E-state index is 0.193. The van der Waals surface area contributed by atoms with Crippen LogP contribution in [0.2, 0.25) is 0 Å². The van der Waals surface area contributed by atoms with Crippen LogP contribution in [0.1, 0.15) is 6.42 Å². The Morgan fingerprint density at radius 1 is 1.67 bits per heavy atom. The maximum atomic E-state index is 12.6. The van der Waals surface area contributed by atoms with Crippen molar-refractivity contribution in [1.82, 2.24) is 0 Å². The summed E-state index contributed by atoms with van der Waals surface area (Å²) in [5.74, 6) is 0. The Labute approximate surface area is 54.0 Å². The molecule has 0 saturated carbocycles. The molecule has 1 aliphatic heterocycles. The van der Waals surface area contributed by atoms with Crippen molar-refractivity contribution in [3.05, 3.63) is 0 Å². The van der Waals surface area contributed by atoms with Crippen LogP contribution in [0.3, 0.4) is 0 Å². The molecular formula is C6H11FO2. The molecule has 3 heteroatoms. The highest BCUT2D eigenvalue weighted by molar-refractivity contribution is 4.72. The van der Waals surface area contributed by atoms with Gasteiger partial charge in [0.05, 0.1) is 12.7 Å². The normalized spacial score (nSPS) is 36.7. The Bertz CT molecular complexity index is 87.1. The third-order valence-electron chi connectivity index (χ3n) is 1.53. The molecule has 1 aliphatic rings. The largest absolute Gasteiger partial charge is 0.378 e. The van der Waals surface area contributed by atoms with Crippen LogP contribution < -0.4 is 0 Å². The van der Waals surface area contributed by atoms with E-state index in [1.54, 1.807) is 0 Å². The van der Waals surface area contributed by atoms with Crippen molar-refractivity contribution in [3.63, 3.8) is 0 Å². The molecule has 0 bridgehead atoms. The van der Waals surface area contributed by atoms with Gasteiger partial charge in [-0.05, 0) is 6.42 Å². The zero-order valence-electron chi connectivity index (χ0n) is 5.47. The molecule has 2 nitrogen and oxygen atoms in total. The molecule has 0 unspecified atom stereocenters. The number of halogens is 1. The maximum Gasteiger partial charge on any atom is 0.149 e. The van der Waals surface area contributed by atoms with E-state index < -0.39 is 6.17 Å². The van der Waals surface area contributed by atoms with Crippen molar-refractivity contribution in [2.75, 3.05) is 20.3 Å². The lowest BCUT2D eigenvalue weighted by atomic mass is 10.1. The van der Waals surface area contributed by atoms with Gasteiger partial charge in [0.1, 0.15) is 6.17 Å². The van der Waals surface area contributed by atoms with Gasteiger partial charge in [-0.2, -0.15) is 0 Å². The Kier molecular flexibility index (Phi) is 2.42. The van der Waals surface area contributed by atoms with E-state index in [0.717, 1.165) is 0 Å².